The number of amides is 2. The standard InChI is InChI=1S/C34H37ClN4O6/c1-18(34(42)36-13-12-21-17-37-26-10-7-22(35)15-24(21)26)38-28-11-8-23-25(16-29(28)41)27(39-19(2)40)9-6-20-14-30(43-3)32(44-4)33(45-5)31(20)23/h7-8,10-11,14-18,27,37H,6,9,12-13H2,1-5H3,(H,36,42)(H,38,41)(H,39,40)/t18-,27-/m0/s1. The van der Waals surface area contributed by atoms with E-state index in [-0.39, 0.29) is 22.9 Å². The SMILES string of the molecule is COc1cc2c(c(OC)c1OC)-c1ccc(N[C@@H](C)C(=O)NCCc3c[nH]c4ccc(Cl)cc34)c(=O)cc1[C@@H](NC(C)=O)CC2. The molecule has 4 aromatic rings. The van der Waals surface area contributed by atoms with Gasteiger partial charge in [-0.05, 0) is 84.8 Å². The normalized spacial score (nSPS) is 14.4. The fourth-order valence-electron chi connectivity index (χ4n) is 5.96. The maximum Gasteiger partial charge on any atom is 0.242 e. The Morgan fingerprint density at radius 2 is 1.82 bits per heavy atom. The minimum Gasteiger partial charge on any atom is -0.493 e. The van der Waals surface area contributed by atoms with E-state index < -0.39 is 12.1 Å². The fourth-order valence-corrected chi connectivity index (χ4v) is 6.13. The Morgan fingerprint density at radius 1 is 1.04 bits per heavy atom. The van der Waals surface area contributed by atoms with Crippen LogP contribution in [0.4, 0.5) is 5.69 Å². The van der Waals surface area contributed by atoms with E-state index in [1.165, 1.54) is 20.1 Å². The van der Waals surface area contributed by atoms with Crippen LogP contribution >= 0.6 is 11.6 Å². The molecule has 236 valence electrons. The molecule has 0 radical (unpaired) electrons. The number of methoxy groups -OCH3 is 3. The van der Waals surface area contributed by atoms with Crippen molar-refractivity contribution in [1.82, 2.24) is 15.6 Å². The van der Waals surface area contributed by atoms with E-state index in [1.54, 1.807) is 27.2 Å². The van der Waals surface area contributed by atoms with Crippen LogP contribution in [-0.2, 0) is 22.4 Å². The zero-order valence-electron chi connectivity index (χ0n) is 25.9. The molecule has 10 nitrogen and oxygen atoms in total. The third kappa shape index (κ3) is 6.56. The maximum atomic E-state index is 13.6. The summed E-state index contributed by atoms with van der Waals surface area (Å²) >= 11 is 6.17. The van der Waals surface area contributed by atoms with Crippen LogP contribution in [0.3, 0.4) is 0 Å². The molecule has 0 unspecified atom stereocenters. The summed E-state index contributed by atoms with van der Waals surface area (Å²) in [5.41, 5.74) is 4.99. The summed E-state index contributed by atoms with van der Waals surface area (Å²) in [5, 5.41) is 10.7. The molecule has 1 heterocycles. The van der Waals surface area contributed by atoms with Gasteiger partial charge in [-0.2, -0.15) is 0 Å². The lowest BCUT2D eigenvalue weighted by Gasteiger charge is -2.19. The van der Waals surface area contributed by atoms with Gasteiger partial charge in [0.05, 0.1) is 33.1 Å². The summed E-state index contributed by atoms with van der Waals surface area (Å²) in [7, 11) is 4.65. The molecule has 11 heteroatoms. The molecular weight excluding hydrogens is 596 g/mol. The highest BCUT2D eigenvalue weighted by atomic mass is 35.5. The minimum atomic E-state index is -0.699. The summed E-state index contributed by atoms with van der Waals surface area (Å²) in [5.74, 6) is 0.955. The molecule has 4 N–H and O–H groups in total. The third-order valence-corrected chi connectivity index (χ3v) is 8.34. The lowest BCUT2D eigenvalue weighted by molar-refractivity contribution is -0.121. The number of anilines is 1. The van der Waals surface area contributed by atoms with Gasteiger partial charge in [-0.3, -0.25) is 14.4 Å². The number of benzene rings is 2. The number of aryl methyl sites for hydroxylation is 1. The fraction of sp³-hybridized carbons (Fsp3) is 0.324. The number of hydrogen-bond acceptors (Lipinski definition) is 7. The molecule has 1 aromatic heterocycles. The van der Waals surface area contributed by atoms with E-state index in [9.17, 15) is 14.4 Å². The number of fused-ring (bicyclic) bond motifs is 4. The third-order valence-electron chi connectivity index (χ3n) is 8.10. The van der Waals surface area contributed by atoms with Gasteiger partial charge >= 0.3 is 0 Å². The van der Waals surface area contributed by atoms with Crippen molar-refractivity contribution >= 4 is 40.0 Å². The van der Waals surface area contributed by atoms with Crippen LogP contribution < -0.4 is 35.6 Å². The van der Waals surface area contributed by atoms with E-state index in [1.807, 2.05) is 36.5 Å². The lowest BCUT2D eigenvalue weighted by Crippen LogP contribution is -2.39. The second-order valence-corrected chi connectivity index (χ2v) is 11.4. The van der Waals surface area contributed by atoms with Gasteiger partial charge in [-0.15, -0.1) is 0 Å². The number of ether oxygens (including phenoxy) is 3. The number of H-pyrrole nitrogens is 1. The molecule has 2 atom stereocenters. The predicted molar refractivity (Wildman–Crippen MR) is 176 cm³/mol. The zero-order valence-corrected chi connectivity index (χ0v) is 26.7. The van der Waals surface area contributed by atoms with Crippen LogP contribution in [0.2, 0.25) is 5.02 Å². The first kappa shape index (κ1) is 31.7. The first-order chi connectivity index (χ1) is 21.6. The summed E-state index contributed by atoms with van der Waals surface area (Å²) in [6.07, 6.45) is 3.67. The molecule has 0 saturated heterocycles. The first-order valence-corrected chi connectivity index (χ1v) is 15.1. The smallest absolute Gasteiger partial charge is 0.242 e. The number of hydrogen-bond donors (Lipinski definition) is 4. The first-order valence-electron chi connectivity index (χ1n) is 14.7. The number of nitrogens with one attached hydrogen (secondary N) is 4. The average molecular weight is 633 g/mol. The van der Waals surface area contributed by atoms with E-state index in [2.05, 4.69) is 20.9 Å². The Morgan fingerprint density at radius 3 is 2.53 bits per heavy atom. The van der Waals surface area contributed by atoms with Gasteiger partial charge in [0, 0.05) is 41.2 Å². The summed E-state index contributed by atoms with van der Waals surface area (Å²) in [6, 6.07) is 11.4. The Hall–Kier alpha value is -4.70. The van der Waals surface area contributed by atoms with Gasteiger partial charge in [0.15, 0.2) is 11.5 Å². The molecule has 2 amide bonds. The quantitative estimate of drug-likeness (QED) is 0.190. The van der Waals surface area contributed by atoms with Gasteiger partial charge in [0.25, 0.3) is 0 Å². The molecule has 1 aliphatic rings. The van der Waals surface area contributed by atoms with Crippen LogP contribution in [0.5, 0.6) is 17.2 Å². The number of aromatic nitrogens is 1. The van der Waals surface area contributed by atoms with Crippen molar-refractivity contribution in [2.24, 2.45) is 0 Å². The highest BCUT2D eigenvalue weighted by molar-refractivity contribution is 6.31. The van der Waals surface area contributed by atoms with Crippen molar-refractivity contribution in [3.63, 3.8) is 0 Å². The highest BCUT2D eigenvalue weighted by Gasteiger charge is 2.29. The van der Waals surface area contributed by atoms with E-state index in [4.69, 9.17) is 25.8 Å². The molecule has 0 fully saturated rings. The molecule has 0 saturated carbocycles. The van der Waals surface area contributed by atoms with Crippen molar-refractivity contribution in [2.75, 3.05) is 33.2 Å². The van der Waals surface area contributed by atoms with E-state index in [0.717, 1.165) is 27.6 Å². The van der Waals surface area contributed by atoms with Crippen LogP contribution in [0.1, 0.15) is 43.0 Å². The zero-order chi connectivity index (χ0) is 32.2. The topological polar surface area (TPSA) is 131 Å². The molecular formula is C34H37ClN4O6. The number of carbonyl (C=O) groups excluding carboxylic acids is 2. The predicted octanol–water partition coefficient (Wildman–Crippen LogP) is 5.16. The van der Waals surface area contributed by atoms with Crippen molar-refractivity contribution < 1.29 is 23.8 Å². The van der Waals surface area contributed by atoms with Gasteiger partial charge in [0.2, 0.25) is 23.0 Å². The Balaban J connectivity index is 1.43. The summed E-state index contributed by atoms with van der Waals surface area (Å²) in [6.45, 7) is 3.56. The maximum absolute atomic E-state index is 13.6. The van der Waals surface area contributed by atoms with Crippen LogP contribution in [0.15, 0.2) is 53.5 Å². The molecule has 0 spiro atoms. The van der Waals surface area contributed by atoms with Crippen molar-refractivity contribution in [1.29, 1.82) is 0 Å². The molecule has 1 aliphatic carbocycles. The molecule has 3 aromatic carbocycles. The molecule has 0 aliphatic heterocycles. The largest absolute Gasteiger partial charge is 0.493 e. The number of rotatable bonds is 10. The number of aromatic amines is 1. The average Bonchev–Trinajstić information content (AvgIpc) is 3.27. The van der Waals surface area contributed by atoms with E-state index in [0.29, 0.717) is 59.2 Å². The van der Waals surface area contributed by atoms with Gasteiger partial charge < -0.3 is 35.1 Å². The lowest BCUT2D eigenvalue weighted by atomic mass is 9.95. The molecule has 5 rings (SSSR count). The Bertz CT molecular complexity index is 1820. The monoisotopic (exact) mass is 632 g/mol. The van der Waals surface area contributed by atoms with Crippen molar-refractivity contribution in [2.45, 2.75) is 45.2 Å². The van der Waals surface area contributed by atoms with E-state index >= 15 is 0 Å². The van der Waals surface area contributed by atoms with Crippen molar-refractivity contribution in [3.05, 3.63) is 80.6 Å². The number of halogens is 1. The van der Waals surface area contributed by atoms with Gasteiger partial charge in [-0.1, -0.05) is 17.7 Å². The molecule has 45 heavy (non-hydrogen) atoms. The van der Waals surface area contributed by atoms with Crippen LogP contribution in [-0.4, -0.2) is 50.7 Å². The summed E-state index contributed by atoms with van der Waals surface area (Å²) < 4.78 is 17.1. The number of carbonyl (C=O) groups is 2. The van der Waals surface area contributed by atoms with Gasteiger partial charge in [0.1, 0.15) is 6.04 Å². The van der Waals surface area contributed by atoms with Crippen LogP contribution in [0.25, 0.3) is 22.0 Å². The summed E-state index contributed by atoms with van der Waals surface area (Å²) in [4.78, 5) is 42.1. The Labute approximate surface area is 266 Å². The van der Waals surface area contributed by atoms with Crippen molar-refractivity contribution in [3.8, 4) is 28.4 Å². The van der Waals surface area contributed by atoms with Crippen LogP contribution in [0, 0.1) is 0 Å². The van der Waals surface area contributed by atoms with Gasteiger partial charge in [-0.25, -0.2) is 0 Å². The second-order valence-electron chi connectivity index (χ2n) is 11.0. The molecule has 0 bridgehead atoms. The highest BCUT2D eigenvalue weighted by Crippen LogP contribution is 2.50. The minimum absolute atomic E-state index is 0.211. The second kappa shape index (κ2) is 13.5. The Kier molecular flexibility index (Phi) is 9.53.